The van der Waals surface area contributed by atoms with Crippen molar-refractivity contribution in [1.82, 2.24) is 20.9 Å². The maximum Gasteiger partial charge on any atom is 0.322 e. The van der Waals surface area contributed by atoms with Crippen molar-refractivity contribution < 1.29 is 24.3 Å². The molecule has 0 radical (unpaired) electrons. The van der Waals surface area contributed by atoms with Gasteiger partial charge in [0.25, 0.3) is 0 Å². The zero-order chi connectivity index (χ0) is 28.2. The molecular formula is C25H38N8O5. The third-order valence-electron chi connectivity index (χ3n) is 5.79. The lowest BCUT2D eigenvalue weighted by atomic mass is 10.0. The summed E-state index contributed by atoms with van der Waals surface area (Å²) in [4.78, 5) is 56.8. The molecule has 0 bridgehead atoms. The van der Waals surface area contributed by atoms with Crippen molar-refractivity contribution in [2.24, 2.45) is 28.1 Å². The largest absolute Gasteiger partial charge is 0.480 e. The molecule has 1 heterocycles. The first kappa shape index (κ1) is 30.1. The molecule has 3 amide bonds. The number of aliphatic imine (C=N–C) groups is 1. The van der Waals surface area contributed by atoms with Crippen molar-refractivity contribution in [3.8, 4) is 0 Å². The van der Waals surface area contributed by atoms with Gasteiger partial charge in [0.15, 0.2) is 5.96 Å². The van der Waals surface area contributed by atoms with Crippen molar-refractivity contribution in [2.75, 3.05) is 13.1 Å². The molecule has 2 rings (SSSR count). The molecule has 2 aromatic rings. The second-order valence-corrected chi connectivity index (χ2v) is 9.48. The van der Waals surface area contributed by atoms with Crippen LogP contribution in [0.2, 0.25) is 0 Å². The van der Waals surface area contributed by atoms with Gasteiger partial charge >= 0.3 is 5.97 Å². The second-order valence-electron chi connectivity index (χ2n) is 9.48. The van der Waals surface area contributed by atoms with E-state index in [1.165, 1.54) is 0 Å². The Bertz CT molecular complexity index is 1140. The number of rotatable bonds is 15. The molecule has 0 aliphatic rings. The Balaban J connectivity index is 2.21. The number of carboxylic acids is 1. The highest BCUT2D eigenvalue weighted by Crippen LogP contribution is 2.19. The minimum atomic E-state index is -1.20. The number of hydrogen-bond donors (Lipinski definition) is 8. The summed E-state index contributed by atoms with van der Waals surface area (Å²) in [5.41, 5.74) is 18.3. The van der Waals surface area contributed by atoms with Crippen molar-refractivity contribution >= 4 is 40.6 Å². The van der Waals surface area contributed by atoms with Crippen molar-refractivity contribution in [1.29, 1.82) is 0 Å². The first-order valence-electron chi connectivity index (χ1n) is 12.4. The van der Waals surface area contributed by atoms with Crippen molar-refractivity contribution in [3.63, 3.8) is 0 Å². The lowest BCUT2D eigenvalue weighted by Crippen LogP contribution is -2.56. The maximum absolute atomic E-state index is 13.4. The molecule has 208 valence electrons. The van der Waals surface area contributed by atoms with Gasteiger partial charge in [-0.1, -0.05) is 32.0 Å². The van der Waals surface area contributed by atoms with Gasteiger partial charge in [0.1, 0.15) is 18.6 Å². The van der Waals surface area contributed by atoms with E-state index in [1.807, 2.05) is 38.1 Å². The number of carbonyl (C=O) groups is 4. The lowest BCUT2D eigenvalue weighted by molar-refractivity contribution is -0.138. The van der Waals surface area contributed by atoms with E-state index in [2.05, 4.69) is 25.9 Å². The van der Waals surface area contributed by atoms with Gasteiger partial charge in [-0.15, -0.1) is 0 Å². The zero-order valence-corrected chi connectivity index (χ0v) is 21.7. The van der Waals surface area contributed by atoms with Gasteiger partial charge in [-0.3, -0.25) is 24.2 Å². The van der Waals surface area contributed by atoms with Crippen LogP contribution in [0.25, 0.3) is 10.9 Å². The number of carboxylic acid groups (broad SMARTS) is 1. The maximum atomic E-state index is 13.4. The number of nitrogens with zero attached hydrogens (tertiary/aromatic N) is 1. The summed E-state index contributed by atoms with van der Waals surface area (Å²) in [5, 5.41) is 17.5. The van der Waals surface area contributed by atoms with Crippen LogP contribution in [0.5, 0.6) is 0 Å². The minimum absolute atomic E-state index is 0.0242. The van der Waals surface area contributed by atoms with E-state index in [1.54, 1.807) is 6.20 Å². The van der Waals surface area contributed by atoms with E-state index in [4.69, 9.17) is 22.3 Å². The Hall–Kier alpha value is -4.13. The highest BCUT2D eigenvalue weighted by molar-refractivity contribution is 5.94. The van der Waals surface area contributed by atoms with Crippen LogP contribution in [-0.2, 0) is 25.6 Å². The number of nitrogens with one attached hydrogen (secondary N) is 4. The molecule has 0 spiro atoms. The third-order valence-corrected chi connectivity index (χ3v) is 5.79. The molecule has 13 nitrogen and oxygen atoms in total. The number of para-hydroxylation sites is 1. The number of aliphatic carboxylic acids is 1. The molecule has 0 saturated heterocycles. The molecule has 38 heavy (non-hydrogen) atoms. The molecule has 1 aromatic heterocycles. The number of guanidine groups is 1. The van der Waals surface area contributed by atoms with Crippen LogP contribution in [0.4, 0.5) is 0 Å². The average molecular weight is 531 g/mol. The Morgan fingerprint density at radius 2 is 1.71 bits per heavy atom. The van der Waals surface area contributed by atoms with Gasteiger partial charge in [-0.05, 0) is 36.8 Å². The molecule has 3 unspecified atom stereocenters. The number of fused-ring (bicyclic) bond motifs is 1. The fourth-order valence-corrected chi connectivity index (χ4v) is 3.92. The van der Waals surface area contributed by atoms with Gasteiger partial charge in [0.05, 0.1) is 6.04 Å². The van der Waals surface area contributed by atoms with Crippen LogP contribution < -0.4 is 33.2 Å². The van der Waals surface area contributed by atoms with Crippen LogP contribution in [0.15, 0.2) is 35.5 Å². The number of nitrogens with two attached hydrogens (primary N) is 3. The van der Waals surface area contributed by atoms with Gasteiger partial charge in [0.2, 0.25) is 17.7 Å². The molecular weight excluding hydrogens is 492 g/mol. The molecule has 13 heteroatoms. The molecule has 11 N–H and O–H groups in total. The molecule has 3 atom stereocenters. The predicted molar refractivity (Wildman–Crippen MR) is 144 cm³/mol. The normalized spacial score (nSPS) is 13.4. The first-order valence-corrected chi connectivity index (χ1v) is 12.4. The van der Waals surface area contributed by atoms with Crippen LogP contribution in [0, 0.1) is 5.92 Å². The SMILES string of the molecule is CC(C)CC(NC(=O)C(Cc1c[nH]c2ccccc12)NC(=O)C(N)CCCN=C(N)N)C(=O)NCC(=O)O. The number of benzene rings is 1. The van der Waals surface area contributed by atoms with E-state index >= 15 is 0 Å². The Morgan fingerprint density at radius 1 is 1.03 bits per heavy atom. The number of amides is 3. The molecule has 0 saturated carbocycles. The fraction of sp³-hybridized carbons (Fsp3) is 0.480. The van der Waals surface area contributed by atoms with E-state index in [0.29, 0.717) is 13.0 Å². The highest BCUT2D eigenvalue weighted by atomic mass is 16.4. The number of H-pyrrole nitrogens is 1. The Labute approximate surface area is 221 Å². The van der Waals surface area contributed by atoms with Crippen LogP contribution in [0.3, 0.4) is 0 Å². The van der Waals surface area contributed by atoms with Gasteiger partial charge in [0, 0.05) is 30.1 Å². The van der Waals surface area contributed by atoms with Gasteiger partial charge in [-0.25, -0.2) is 0 Å². The van der Waals surface area contributed by atoms with Crippen molar-refractivity contribution in [3.05, 3.63) is 36.0 Å². The molecule has 1 aromatic carbocycles. The van der Waals surface area contributed by atoms with Crippen LogP contribution in [-0.4, -0.2) is 71.0 Å². The zero-order valence-electron chi connectivity index (χ0n) is 21.7. The summed E-state index contributed by atoms with van der Waals surface area (Å²) in [6, 6.07) is 4.59. The summed E-state index contributed by atoms with van der Waals surface area (Å²) >= 11 is 0. The molecule has 0 aliphatic heterocycles. The summed E-state index contributed by atoms with van der Waals surface area (Å²) in [7, 11) is 0. The first-order chi connectivity index (χ1) is 18.0. The van der Waals surface area contributed by atoms with Crippen LogP contribution in [0.1, 0.15) is 38.7 Å². The summed E-state index contributed by atoms with van der Waals surface area (Å²) in [6.07, 6.45) is 2.92. The van der Waals surface area contributed by atoms with E-state index < -0.39 is 48.4 Å². The van der Waals surface area contributed by atoms with Gasteiger partial charge < -0.3 is 43.2 Å². The fourth-order valence-electron chi connectivity index (χ4n) is 3.92. The smallest absolute Gasteiger partial charge is 0.322 e. The average Bonchev–Trinajstić information content (AvgIpc) is 3.26. The van der Waals surface area contributed by atoms with E-state index in [9.17, 15) is 19.2 Å². The van der Waals surface area contributed by atoms with Gasteiger partial charge in [-0.2, -0.15) is 0 Å². The van der Waals surface area contributed by atoms with Crippen molar-refractivity contribution in [2.45, 2.75) is 57.7 Å². The summed E-state index contributed by atoms with van der Waals surface area (Å²) < 4.78 is 0. The number of aromatic amines is 1. The van der Waals surface area contributed by atoms with E-state index in [0.717, 1.165) is 16.5 Å². The number of aromatic nitrogens is 1. The molecule has 0 aliphatic carbocycles. The summed E-state index contributed by atoms with van der Waals surface area (Å²) in [5.74, 6) is -2.98. The van der Waals surface area contributed by atoms with Crippen LogP contribution >= 0.6 is 0 Å². The lowest BCUT2D eigenvalue weighted by Gasteiger charge is -2.25. The Kier molecular flexibility index (Phi) is 11.5. The molecule has 0 fully saturated rings. The Morgan fingerprint density at radius 3 is 2.37 bits per heavy atom. The standard InChI is InChI=1S/C25H38N8O5/c1-14(2)10-19(23(37)31-13-21(34)35)33-24(38)20(11-15-12-30-18-8-4-3-6-16(15)18)32-22(36)17(26)7-5-9-29-25(27)28/h3-4,6,8,12,14,17,19-20,30H,5,7,9-11,13,26H2,1-2H3,(H,31,37)(H,32,36)(H,33,38)(H,34,35)(H4,27,28,29). The topological polar surface area (TPSA) is 231 Å². The van der Waals surface area contributed by atoms with E-state index in [-0.39, 0.29) is 31.1 Å². The monoisotopic (exact) mass is 530 g/mol. The summed E-state index contributed by atoms with van der Waals surface area (Å²) in [6.45, 7) is 3.48. The highest BCUT2D eigenvalue weighted by Gasteiger charge is 2.29. The second kappa shape index (κ2) is 14.6. The quantitative estimate of drug-likeness (QED) is 0.0832. The number of carbonyl (C=O) groups excluding carboxylic acids is 3. The number of hydrogen-bond acceptors (Lipinski definition) is 6. The minimum Gasteiger partial charge on any atom is -0.480 e. The third kappa shape index (κ3) is 9.73. The predicted octanol–water partition coefficient (Wildman–Crippen LogP) is -0.692.